The molecule has 3 nitrogen and oxygen atoms in total. The van der Waals surface area contributed by atoms with E-state index in [2.05, 4.69) is 10.6 Å². The fraction of sp³-hybridized carbons (Fsp3) is 0.364. The fourth-order valence-electron chi connectivity index (χ4n) is 1.29. The van der Waals surface area contributed by atoms with E-state index in [4.69, 9.17) is 0 Å². The van der Waals surface area contributed by atoms with Gasteiger partial charge in [0.15, 0.2) is 0 Å². The van der Waals surface area contributed by atoms with Crippen LogP contribution in [0.2, 0.25) is 0 Å². The Labute approximate surface area is 94.6 Å². The zero-order chi connectivity index (χ0) is 11.1. The molecule has 1 aromatic carbocycles. The fourth-order valence-corrected chi connectivity index (χ4v) is 1.63. The van der Waals surface area contributed by atoms with Crippen molar-refractivity contribution in [1.82, 2.24) is 5.32 Å². The Hall–Kier alpha value is -1.00. The molecule has 82 valence electrons. The lowest BCUT2D eigenvalue weighted by molar-refractivity contribution is -0.113. The molecule has 0 aliphatic heterocycles. The van der Waals surface area contributed by atoms with Crippen molar-refractivity contribution >= 4 is 23.4 Å². The van der Waals surface area contributed by atoms with E-state index in [0.717, 1.165) is 12.2 Å². The van der Waals surface area contributed by atoms with Crippen molar-refractivity contribution in [1.29, 1.82) is 0 Å². The van der Waals surface area contributed by atoms with Crippen LogP contribution in [-0.2, 0) is 11.3 Å². The van der Waals surface area contributed by atoms with Gasteiger partial charge in [-0.15, -0.1) is 0 Å². The molecule has 1 amide bonds. The topological polar surface area (TPSA) is 41.1 Å². The van der Waals surface area contributed by atoms with E-state index in [-0.39, 0.29) is 5.91 Å². The smallest absolute Gasteiger partial charge is 0.234 e. The lowest BCUT2D eigenvalue weighted by atomic mass is 10.2. The molecular formula is C11H16N2OS. The first-order valence-electron chi connectivity index (χ1n) is 4.78. The van der Waals surface area contributed by atoms with Crippen LogP contribution in [-0.4, -0.2) is 25.0 Å². The molecule has 0 aromatic heterocycles. The molecule has 2 N–H and O–H groups in total. The zero-order valence-electron chi connectivity index (χ0n) is 9.04. The van der Waals surface area contributed by atoms with Crippen LogP contribution in [0.1, 0.15) is 5.56 Å². The molecule has 0 saturated heterocycles. The average Bonchev–Trinajstić information content (AvgIpc) is 2.19. The summed E-state index contributed by atoms with van der Waals surface area (Å²) in [5.74, 6) is 0.542. The number of amides is 1. The highest BCUT2D eigenvalue weighted by Gasteiger charge is 2.01. The van der Waals surface area contributed by atoms with Crippen LogP contribution < -0.4 is 10.6 Å². The predicted octanol–water partition coefficient (Wildman–Crippen LogP) is 1.71. The van der Waals surface area contributed by atoms with Gasteiger partial charge in [-0.25, -0.2) is 0 Å². The van der Waals surface area contributed by atoms with Gasteiger partial charge >= 0.3 is 0 Å². The molecule has 0 bridgehead atoms. The van der Waals surface area contributed by atoms with Crippen LogP contribution in [0.4, 0.5) is 5.69 Å². The van der Waals surface area contributed by atoms with Crippen LogP contribution in [0, 0.1) is 0 Å². The largest absolute Gasteiger partial charge is 0.325 e. The molecule has 0 spiro atoms. The maximum absolute atomic E-state index is 11.3. The number of carbonyl (C=O) groups is 1. The van der Waals surface area contributed by atoms with E-state index >= 15 is 0 Å². The molecule has 1 rings (SSSR count). The summed E-state index contributed by atoms with van der Waals surface area (Å²) in [5, 5.41) is 5.93. The van der Waals surface area contributed by atoms with Crippen LogP contribution >= 0.6 is 11.8 Å². The third-order valence-electron chi connectivity index (χ3n) is 1.87. The molecule has 0 aliphatic carbocycles. The van der Waals surface area contributed by atoms with Crippen molar-refractivity contribution in [3.05, 3.63) is 29.8 Å². The summed E-state index contributed by atoms with van der Waals surface area (Å²) in [4.78, 5) is 11.3. The van der Waals surface area contributed by atoms with Crippen LogP contribution in [0.15, 0.2) is 24.3 Å². The molecule has 0 aliphatic rings. The number of thioether (sulfide) groups is 1. The van der Waals surface area contributed by atoms with Gasteiger partial charge in [0.25, 0.3) is 0 Å². The first-order chi connectivity index (χ1) is 7.26. The maximum atomic E-state index is 11.3. The molecule has 0 radical (unpaired) electrons. The van der Waals surface area contributed by atoms with Gasteiger partial charge in [-0.05, 0) is 31.0 Å². The second kappa shape index (κ2) is 6.48. The number of anilines is 1. The zero-order valence-corrected chi connectivity index (χ0v) is 9.86. The van der Waals surface area contributed by atoms with Crippen molar-refractivity contribution < 1.29 is 4.79 Å². The summed E-state index contributed by atoms with van der Waals surface area (Å²) in [7, 11) is 1.90. The number of hydrogen-bond acceptors (Lipinski definition) is 3. The third-order valence-corrected chi connectivity index (χ3v) is 2.42. The van der Waals surface area contributed by atoms with Crippen LogP contribution in [0.3, 0.4) is 0 Å². The van der Waals surface area contributed by atoms with Gasteiger partial charge in [0.2, 0.25) is 5.91 Å². The van der Waals surface area contributed by atoms with Crippen molar-refractivity contribution in [3.8, 4) is 0 Å². The normalized spacial score (nSPS) is 10.0. The summed E-state index contributed by atoms with van der Waals surface area (Å²) >= 11 is 1.52. The molecule has 0 unspecified atom stereocenters. The first kappa shape index (κ1) is 12.1. The van der Waals surface area contributed by atoms with Gasteiger partial charge in [0.1, 0.15) is 0 Å². The Morgan fingerprint density at radius 3 is 2.93 bits per heavy atom. The highest BCUT2D eigenvalue weighted by atomic mass is 32.2. The monoisotopic (exact) mass is 224 g/mol. The minimum Gasteiger partial charge on any atom is -0.325 e. The van der Waals surface area contributed by atoms with Crippen molar-refractivity contribution in [2.75, 3.05) is 24.4 Å². The molecule has 0 saturated carbocycles. The Kier molecular flexibility index (Phi) is 5.21. The second-order valence-electron chi connectivity index (χ2n) is 3.21. The predicted molar refractivity (Wildman–Crippen MR) is 66.2 cm³/mol. The van der Waals surface area contributed by atoms with E-state index in [1.165, 1.54) is 17.3 Å². The number of nitrogens with one attached hydrogen (secondary N) is 2. The molecule has 1 aromatic rings. The average molecular weight is 224 g/mol. The second-order valence-corrected chi connectivity index (χ2v) is 4.08. The quantitative estimate of drug-likeness (QED) is 0.800. The molecular weight excluding hydrogens is 208 g/mol. The summed E-state index contributed by atoms with van der Waals surface area (Å²) < 4.78 is 0. The van der Waals surface area contributed by atoms with Gasteiger partial charge in [0, 0.05) is 12.2 Å². The highest BCUT2D eigenvalue weighted by molar-refractivity contribution is 7.99. The Balaban J connectivity index is 2.60. The molecule has 0 heterocycles. The molecule has 15 heavy (non-hydrogen) atoms. The lowest BCUT2D eigenvalue weighted by Crippen LogP contribution is -2.14. The van der Waals surface area contributed by atoms with Gasteiger partial charge in [0.05, 0.1) is 5.75 Å². The van der Waals surface area contributed by atoms with Crippen LogP contribution in [0.5, 0.6) is 0 Å². The molecule has 4 heteroatoms. The Morgan fingerprint density at radius 2 is 2.27 bits per heavy atom. The highest BCUT2D eigenvalue weighted by Crippen LogP contribution is 2.10. The van der Waals surface area contributed by atoms with Crippen molar-refractivity contribution in [2.24, 2.45) is 0 Å². The Bertz CT molecular complexity index is 328. The number of rotatable bonds is 5. The van der Waals surface area contributed by atoms with Gasteiger partial charge < -0.3 is 10.6 Å². The number of carbonyl (C=O) groups excluding carboxylic acids is 1. The van der Waals surface area contributed by atoms with Crippen molar-refractivity contribution in [3.63, 3.8) is 0 Å². The maximum Gasteiger partial charge on any atom is 0.234 e. The van der Waals surface area contributed by atoms with E-state index in [1.54, 1.807) is 0 Å². The van der Waals surface area contributed by atoms with E-state index in [9.17, 15) is 4.79 Å². The number of benzene rings is 1. The van der Waals surface area contributed by atoms with E-state index in [0.29, 0.717) is 5.75 Å². The Morgan fingerprint density at radius 1 is 1.47 bits per heavy atom. The summed E-state index contributed by atoms with van der Waals surface area (Å²) in [6.07, 6.45) is 1.91. The first-order valence-corrected chi connectivity index (χ1v) is 6.18. The van der Waals surface area contributed by atoms with Gasteiger partial charge in [-0.3, -0.25) is 4.79 Å². The molecule has 0 atom stereocenters. The lowest BCUT2D eigenvalue weighted by Gasteiger charge is -2.06. The molecule has 0 fully saturated rings. The van der Waals surface area contributed by atoms with E-state index in [1.807, 2.05) is 37.6 Å². The summed E-state index contributed by atoms with van der Waals surface area (Å²) in [6, 6.07) is 7.86. The van der Waals surface area contributed by atoms with Gasteiger partial charge in [-0.2, -0.15) is 11.8 Å². The van der Waals surface area contributed by atoms with E-state index < -0.39 is 0 Å². The summed E-state index contributed by atoms with van der Waals surface area (Å²) in [5.41, 5.74) is 2.03. The standard InChI is InChI=1S/C11H16N2OS/c1-12-7-9-4-3-5-10(6-9)13-11(14)8-15-2/h3-6,12H,7-8H2,1-2H3,(H,13,14). The summed E-state index contributed by atoms with van der Waals surface area (Å²) in [6.45, 7) is 0.812. The minimum absolute atomic E-state index is 0.0455. The minimum atomic E-state index is 0.0455. The van der Waals surface area contributed by atoms with Gasteiger partial charge in [-0.1, -0.05) is 12.1 Å². The SMILES string of the molecule is CNCc1cccc(NC(=O)CSC)c1. The van der Waals surface area contributed by atoms with Crippen molar-refractivity contribution in [2.45, 2.75) is 6.54 Å². The van der Waals surface area contributed by atoms with Crippen LogP contribution in [0.25, 0.3) is 0 Å². The third kappa shape index (κ3) is 4.36. The number of hydrogen-bond donors (Lipinski definition) is 2.